The molecular formula is C27H23F4N3O2. The second kappa shape index (κ2) is 12.0. The monoisotopic (exact) mass is 497 g/mol. The minimum absolute atomic E-state index is 0.375. The van der Waals surface area contributed by atoms with Crippen LogP contribution in [0.2, 0.25) is 0 Å². The maximum Gasteiger partial charge on any atom is 0.387 e. The van der Waals surface area contributed by atoms with Crippen molar-refractivity contribution in [2.75, 3.05) is 5.32 Å². The summed E-state index contributed by atoms with van der Waals surface area (Å²) in [6.07, 6.45) is 7.16. The Morgan fingerprint density at radius 3 is 2.14 bits per heavy atom. The predicted molar refractivity (Wildman–Crippen MR) is 127 cm³/mol. The van der Waals surface area contributed by atoms with Crippen molar-refractivity contribution in [1.82, 2.24) is 9.97 Å². The Kier molecular flexibility index (Phi) is 8.33. The van der Waals surface area contributed by atoms with E-state index in [2.05, 4.69) is 24.8 Å². The molecular weight excluding hydrogens is 474 g/mol. The molecule has 0 saturated heterocycles. The van der Waals surface area contributed by atoms with Crippen LogP contribution in [-0.2, 0) is 13.0 Å². The third-order valence-corrected chi connectivity index (χ3v) is 5.54. The number of alkyl halides is 4. The molecule has 0 bridgehead atoms. The molecule has 2 aromatic carbocycles. The summed E-state index contributed by atoms with van der Waals surface area (Å²) < 4.78 is 60.7. The number of benzene rings is 2. The summed E-state index contributed by atoms with van der Waals surface area (Å²) in [5.41, 5.74) is 4.19. The summed E-state index contributed by atoms with van der Waals surface area (Å²) in [5, 5.41) is 3.42. The molecule has 4 aromatic rings. The van der Waals surface area contributed by atoms with Crippen molar-refractivity contribution < 1.29 is 27.0 Å². The number of hydrogen-bond donors (Lipinski definition) is 1. The number of pyridine rings is 2. The van der Waals surface area contributed by atoms with Crippen LogP contribution < -0.4 is 14.8 Å². The molecule has 0 spiro atoms. The van der Waals surface area contributed by atoms with Gasteiger partial charge in [-0.3, -0.25) is 9.97 Å². The molecule has 5 nitrogen and oxygen atoms in total. The number of nitrogens with zero attached hydrogens (tertiary/aromatic N) is 2. The van der Waals surface area contributed by atoms with Crippen molar-refractivity contribution in [2.45, 2.75) is 32.1 Å². The van der Waals surface area contributed by atoms with Gasteiger partial charge in [0.05, 0.1) is 0 Å². The molecule has 1 unspecified atom stereocenters. The first-order valence-corrected chi connectivity index (χ1v) is 11.1. The molecule has 1 atom stereocenters. The number of aromatic nitrogens is 2. The minimum Gasteiger partial charge on any atom is -0.431 e. The topological polar surface area (TPSA) is 56.3 Å². The van der Waals surface area contributed by atoms with Gasteiger partial charge in [0, 0.05) is 48.5 Å². The lowest BCUT2D eigenvalue weighted by atomic mass is 9.86. The maximum atomic E-state index is 13.1. The van der Waals surface area contributed by atoms with Crippen molar-refractivity contribution in [3.63, 3.8) is 0 Å². The summed E-state index contributed by atoms with van der Waals surface area (Å²) in [4.78, 5) is 8.34. The molecule has 0 fully saturated rings. The van der Waals surface area contributed by atoms with E-state index in [9.17, 15) is 17.6 Å². The summed E-state index contributed by atoms with van der Waals surface area (Å²) >= 11 is 0. The highest BCUT2D eigenvalue weighted by molar-refractivity contribution is 5.56. The summed E-state index contributed by atoms with van der Waals surface area (Å²) in [7, 11) is 0. The summed E-state index contributed by atoms with van der Waals surface area (Å²) in [5.74, 6) is -1.31. The highest BCUT2D eigenvalue weighted by atomic mass is 19.3. The maximum absolute atomic E-state index is 13.1. The molecule has 1 N–H and O–H groups in total. The Bertz CT molecular complexity index is 1240. The summed E-state index contributed by atoms with van der Waals surface area (Å²) in [6, 6.07) is 19.5. The van der Waals surface area contributed by atoms with E-state index in [1.165, 1.54) is 12.1 Å². The fraction of sp³-hybridized carbons (Fsp3) is 0.185. The van der Waals surface area contributed by atoms with E-state index in [0.29, 0.717) is 18.5 Å². The number of anilines is 1. The van der Waals surface area contributed by atoms with E-state index in [1.807, 2.05) is 48.5 Å². The highest BCUT2D eigenvalue weighted by Crippen LogP contribution is 2.38. The van der Waals surface area contributed by atoms with E-state index in [0.717, 1.165) is 22.4 Å². The first kappa shape index (κ1) is 25.0. The van der Waals surface area contributed by atoms with E-state index in [4.69, 9.17) is 0 Å². The fourth-order valence-corrected chi connectivity index (χ4v) is 3.92. The van der Waals surface area contributed by atoms with E-state index < -0.39 is 24.7 Å². The van der Waals surface area contributed by atoms with Gasteiger partial charge in [-0.25, -0.2) is 0 Å². The first-order chi connectivity index (χ1) is 17.5. The Morgan fingerprint density at radius 1 is 0.722 bits per heavy atom. The lowest BCUT2D eigenvalue weighted by Gasteiger charge is -2.23. The third kappa shape index (κ3) is 6.71. The van der Waals surface area contributed by atoms with Crippen LogP contribution in [0.15, 0.2) is 91.5 Å². The van der Waals surface area contributed by atoms with Crippen molar-refractivity contribution in [2.24, 2.45) is 0 Å². The molecule has 0 aliphatic rings. The van der Waals surface area contributed by atoms with Crippen LogP contribution in [0.1, 0.15) is 28.2 Å². The Labute approximate surface area is 205 Å². The molecule has 0 aliphatic heterocycles. The second-order valence-electron chi connectivity index (χ2n) is 7.88. The molecule has 4 rings (SSSR count). The molecule has 0 saturated carbocycles. The van der Waals surface area contributed by atoms with Gasteiger partial charge in [0.15, 0.2) is 11.5 Å². The van der Waals surface area contributed by atoms with Gasteiger partial charge < -0.3 is 14.8 Å². The highest BCUT2D eigenvalue weighted by Gasteiger charge is 2.23. The molecule has 0 aliphatic carbocycles. The minimum atomic E-state index is -3.21. The lowest BCUT2D eigenvalue weighted by molar-refractivity contribution is -0.0692. The van der Waals surface area contributed by atoms with Gasteiger partial charge in [0.2, 0.25) is 0 Å². The average Bonchev–Trinajstić information content (AvgIpc) is 2.88. The third-order valence-electron chi connectivity index (χ3n) is 5.54. The number of hydrogen-bond acceptors (Lipinski definition) is 5. The molecule has 2 heterocycles. The molecule has 0 amide bonds. The van der Waals surface area contributed by atoms with Gasteiger partial charge in [-0.15, -0.1) is 0 Å². The Hall–Kier alpha value is -4.14. The van der Waals surface area contributed by atoms with E-state index >= 15 is 0 Å². The van der Waals surface area contributed by atoms with Gasteiger partial charge in [0.1, 0.15) is 0 Å². The van der Waals surface area contributed by atoms with Gasteiger partial charge in [0.25, 0.3) is 0 Å². The van der Waals surface area contributed by atoms with Crippen molar-refractivity contribution >= 4 is 5.69 Å². The van der Waals surface area contributed by atoms with Gasteiger partial charge in [-0.2, -0.15) is 17.6 Å². The van der Waals surface area contributed by atoms with Crippen molar-refractivity contribution in [1.29, 1.82) is 0 Å². The van der Waals surface area contributed by atoms with Crippen LogP contribution in [0.4, 0.5) is 23.2 Å². The first-order valence-electron chi connectivity index (χ1n) is 11.1. The van der Waals surface area contributed by atoms with Crippen LogP contribution in [0.3, 0.4) is 0 Å². The Morgan fingerprint density at radius 2 is 1.42 bits per heavy atom. The van der Waals surface area contributed by atoms with Crippen molar-refractivity contribution in [3.05, 3.63) is 114 Å². The zero-order valence-corrected chi connectivity index (χ0v) is 19.0. The molecule has 2 aromatic heterocycles. The molecule has 0 radical (unpaired) electrons. The van der Waals surface area contributed by atoms with Gasteiger partial charge >= 0.3 is 13.2 Å². The van der Waals surface area contributed by atoms with Crippen molar-refractivity contribution in [3.8, 4) is 11.5 Å². The SMILES string of the molecule is FC(F)Oc1ccc(C(Cc2ccncc2)c2cnccc2NCc2ccccc2)cc1OC(F)F. The van der Waals surface area contributed by atoms with Crippen LogP contribution in [-0.4, -0.2) is 23.2 Å². The summed E-state index contributed by atoms with van der Waals surface area (Å²) in [6.45, 7) is -5.84. The fourth-order valence-electron chi connectivity index (χ4n) is 3.92. The van der Waals surface area contributed by atoms with Crippen LogP contribution in [0, 0.1) is 0 Å². The number of rotatable bonds is 11. The zero-order valence-electron chi connectivity index (χ0n) is 19.0. The molecule has 36 heavy (non-hydrogen) atoms. The largest absolute Gasteiger partial charge is 0.431 e. The van der Waals surface area contributed by atoms with E-state index in [1.54, 1.807) is 30.9 Å². The number of ether oxygens (including phenoxy) is 2. The van der Waals surface area contributed by atoms with Crippen LogP contribution >= 0.6 is 0 Å². The normalized spacial score (nSPS) is 11.9. The van der Waals surface area contributed by atoms with E-state index in [-0.39, 0.29) is 5.92 Å². The van der Waals surface area contributed by atoms with Gasteiger partial charge in [-0.1, -0.05) is 36.4 Å². The number of halogens is 4. The molecule has 9 heteroatoms. The quantitative estimate of drug-likeness (QED) is 0.235. The van der Waals surface area contributed by atoms with Crippen LogP contribution in [0.5, 0.6) is 11.5 Å². The zero-order chi connectivity index (χ0) is 25.3. The second-order valence-corrected chi connectivity index (χ2v) is 7.88. The standard InChI is InChI=1S/C27H23F4N3O2/c28-26(29)35-24-7-6-20(15-25(24)36-27(30)31)21(14-18-8-11-32-12-9-18)22-17-33-13-10-23(22)34-16-19-4-2-1-3-5-19/h1-13,15,17,21,26-27H,14,16H2,(H,33,34). The predicted octanol–water partition coefficient (Wildman–Crippen LogP) is 6.67. The molecule has 186 valence electrons. The average molecular weight is 497 g/mol. The van der Waals surface area contributed by atoms with Crippen LogP contribution in [0.25, 0.3) is 0 Å². The smallest absolute Gasteiger partial charge is 0.387 e. The lowest BCUT2D eigenvalue weighted by Crippen LogP contribution is -2.12. The number of nitrogens with one attached hydrogen (secondary N) is 1. The Balaban J connectivity index is 1.74. The van der Waals surface area contributed by atoms with Gasteiger partial charge in [-0.05, 0) is 53.4 Å².